The van der Waals surface area contributed by atoms with Crippen molar-refractivity contribution in [1.29, 1.82) is 0 Å². The molecule has 0 aliphatic carbocycles. The summed E-state index contributed by atoms with van der Waals surface area (Å²) in [6, 6.07) is 13.0. The Bertz CT molecular complexity index is 1250. The predicted octanol–water partition coefficient (Wildman–Crippen LogP) is 3.95. The summed E-state index contributed by atoms with van der Waals surface area (Å²) in [5, 5.41) is 0. The Morgan fingerprint density at radius 1 is 1.06 bits per heavy atom. The van der Waals surface area contributed by atoms with Crippen LogP contribution < -0.4 is 4.74 Å². The van der Waals surface area contributed by atoms with Crippen LogP contribution in [0.5, 0.6) is 5.75 Å². The zero-order valence-electron chi connectivity index (χ0n) is 19.3. The quantitative estimate of drug-likeness (QED) is 0.396. The van der Waals surface area contributed by atoms with E-state index >= 15 is 0 Å². The van der Waals surface area contributed by atoms with Crippen LogP contribution in [0.3, 0.4) is 0 Å². The molecule has 4 aromatic rings. The lowest BCUT2D eigenvalue weighted by molar-refractivity contribution is 0.0322. The molecule has 0 amide bonds. The van der Waals surface area contributed by atoms with Crippen molar-refractivity contribution in [3.05, 3.63) is 72.1 Å². The van der Waals surface area contributed by atoms with Crippen LogP contribution in [0.25, 0.3) is 22.4 Å². The molecule has 2 aromatic heterocycles. The molecule has 176 valence electrons. The number of benzene rings is 2. The highest BCUT2D eigenvalue weighted by Crippen LogP contribution is 2.23. The van der Waals surface area contributed by atoms with Gasteiger partial charge in [-0.15, -0.1) is 0 Å². The SMILES string of the molecule is CCc1nc2cccc(F)c2n1Cc1cccc(-c2ncc(OCCN3CCOCC3)cn2)c1. The van der Waals surface area contributed by atoms with E-state index < -0.39 is 0 Å². The van der Waals surface area contributed by atoms with E-state index in [1.54, 1.807) is 18.5 Å². The van der Waals surface area contributed by atoms with E-state index in [-0.39, 0.29) is 5.82 Å². The number of fused-ring (bicyclic) bond motifs is 1. The molecule has 1 aliphatic heterocycles. The van der Waals surface area contributed by atoms with E-state index in [1.165, 1.54) is 6.07 Å². The number of hydrogen-bond acceptors (Lipinski definition) is 6. The lowest BCUT2D eigenvalue weighted by Gasteiger charge is -2.26. The molecule has 5 rings (SSSR count). The highest BCUT2D eigenvalue weighted by atomic mass is 19.1. The van der Waals surface area contributed by atoms with E-state index in [4.69, 9.17) is 9.47 Å². The van der Waals surface area contributed by atoms with E-state index in [2.05, 4.69) is 19.9 Å². The van der Waals surface area contributed by atoms with Gasteiger partial charge in [0.1, 0.15) is 23.8 Å². The summed E-state index contributed by atoms with van der Waals surface area (Å²) in [5.74, 6) is 1.88. The van der Waals surface area contributed by atoms with Gasteiger partial charge in [0.25, 0.3) is 0 Å². The second-order valence-corrected chi connectivity index (χ2v) is 8.32. The first kappa shape index (κ1) is 22.4. The van der Waals surface area contributed by atoms with E-state index in [1.807, 2.05) is 41.8 Å². The van der Waals surface area contributed by atoms with Crippen LogP contribution in [0, 0.1) is 5.82 Å². The van der Waals surface area contributed by atoms with Gasteiger partial charge in [0.2, 0.25) is 0 Å². The largest absolute Gasteiger partial charge is 0.489 e. The third-order valence-corrected chi connectivity index (χ3v) is 6.05. The number of halogens is 1. The Labute approximate surface area is 198 Å². The number of aryl methyl sites for hydroxylation is 1. The number of morpholine rings is 1. The van der Waals surface area contributed by atoms with Crippen LogP contribution in [0.15, 0.2) is 54.9 Å². The smallest absolute Gasteiger partial charge is 0.159 e. The van der Waals surface area contributed by atoms with Crippen molar-refractivity contribution in [2.75, 3.05) is 39.5 Å². The number of rotatable bonds is 8. The molecule has 0 radical (unpaired) electrons. The first-order valence-electron chi connectivity index (χ1n) is 11.7. The summed E-state index contributed by atoms with van der Waals surface area (Å²) in [7, 11) is 0. The Balaban J connectivity index is 1.28. The molecule has 0 unspecified atom stereocenters. The molecule has 34 heavy (non-hydrogen) atoms. The van der Waals surface area contributed by atoms with Gasteiger partial charge in [-0.1, -0.05) is 31.2 Å². The maximum absolute atomic E-state index is 14.6. The van der Waals surface area contributed by atoms with Crippen LogP contribution in [-0.4, -0.2) is 63.9 Å². The molecule has 0 bridgehead atoms. The highest BCUT2D eigenvalue weighted by molar-refractivity contribution is 5.77. The van der Waals surface area contributed by atoms with E-state index in [9.17, 15) is 4.39 Å². The molecule has 3 heterocycles. The third kappa shape index (κ3) is 4.93. The molecule has 8 heteroatoms. The minimum Gasteiger partial charge on any atom is -0.489 e. The van der Waals surface area contributed by atoms with Gasteiger partial charge in [0, 0.05) is 38.2 Å². The molecule has 2 aromatic carbocycles. The molecule has 1 fully saturated rings. The Hall–Kier alpha value is -3.36. The fourth-order valence-electron chi connectivity index (χ4n) is 4.28. The number of imidazole rings is 1. The van der Waals surface area contributed by atoms with Crippen molar-refractivity contribution in [1.82, 2.24) is 24.4 Å². The summed E-state index contributed by atoms with van der Waals surface area (Å²) >= 11 is 0. The maximum atomic E-state index is 14.6. The summed E-state index contributed by atoms with van der Waals surface area (Å²) in [6.45, 7) is 7.45. The van der Waals surface area contributed by atoms with Gasteiger partial charge in [-0.25, -0.2) is 19.3 Å². The van der Waals surface area contributed by atoms with Gasteiger partial charge in [-0.3, -0.25) is 4.90 Å². The second-order valence-electron chi connectivity index (χ2n) is 8.32. The number of nitrogens with zero attached hydrogens (tertiary/aromatic N) is 5. The minimum atomic E-state index is -0.256. The van der Waals surface area contributed by atoms with Crippen molar-refractivity contribution >= 4 is 11.0 Å². The number of ether oxygens (including phenoxy) is 2. The van der Waals surface area contributed by atoms with Crippen molar-refractivity contribution in [2.45, 2.75) is 19.9 Å². The van der Waals surface area contributed by atoms with Gasteiger partial charge in [-0.05, 0) is 23.8 Å². The molecular formula is C26H28FN5O2. The second kappa shape index (κ2) is 10.3. The van der Waals surface area contributed by atoms with Crippen LogP contribution in [0.4, 0.5) is 4.39 Å². The molecule has 0 atom stereocenters. The third-order valence-electron chi connectivity index (χ3n) is 6.05. The lowest BCUT2D eigenvalue weighted by atomic mass is 10.1. The number of aromatic nitrogens is 4. The van der Waals surface area contributed by atoms with Crippen molar-refractivity contribution < 1.29 is 13.9 Å². The zero-order valence-corrected chi connectivity index (χ0v) is 19.3. The Morgan fingerprint density at radius 3 is 2.65 bits per heavy atom. The van der Waals surface area contributed by atoms with Gasteiger partial charge in [-0.2, -0.15) is 0 Å². The van der Waals surface area contributed by atoms with Gasteiger partial charge < -0.3 is 14.0 Å². The topological polar surface area (TPSA) is 65.3 Å². The van der Waals surface area contributed by atoms with Gasteiger partial charge in [0.05, 0.1) is 31.1 Å². The fraction of sp³-hybridized carbons (Fsp3) is 0.346. The van der Waals surface area contributed by atoms with Crippen molar-refractivity contribution in [3.8, 4) is 17.1 Å². The van der Waals surface area contributed by atoms with Crippen LogP contribution in [0.1, 0.15) is 18.3 Å². The summed E-state index contributed by atoms with van der Waals surface area (Å²) in [4.78, 5) is 15.9. The van der Waals surface area contributed by atoms with Crippen molar-refractivity contribution in [3.63, 3.8) is 0 Å². The first-order valence-corrected chi connectivity index (χ1v) is 11.7. The molecule has 1 saturated heterocycles. The molecular weight excluding hydrogens is 433 g/mol. The average molecular weight is 462 g/mol. The van der Waals surface area contributed by atoms with Crippen LogP contribution in [0.2, 0.25) is 0 Å². The van der Waals surface area contributed by atoms with Gasteiger partial charge >= 0.3 is 0 Å². The van der Waals surface area contributed by atoms with E-state index in [0.29, 0.717) is 35.8 Å². The molecule has 0 spiro atoms. The Morgan fingerprint density at radius 2 is 1.85 bits per heavy atom. The van der Waals surface area contributed by atoms with Crippen molar-refractivity contribution in [2.24, 2.45) is 0 Å². The standard InChI is InChI=1S/C26H28FN5O2/c1-2-24-30-23-8-4-7-22(27)25(23)32(24)18-19-5-3-6-20(15-19)26-28-16-21(17-29-26)34-14-11-31-9-12-33-13-10-31/h3-8,15-17H,2,9-14,18H2,1H3. The molecule has 0 N–H and O–H groups in total. The highest BCUT2D eigenvalue weighted by Gasteiger charge is 2.14. The number of hydrogen-bond donors (Lipinski definition) is 0. The molecule has 1 aliphatic rings. The minimum absolute atomic E-state index is 0.256. The Kier molecular flexibility index (Phi) is 6.78. The summed E-state index contributed by atoms with van der Waals surface area (Å²) in [6.07, 6.45) is 4.15. The zero-order chi connectivity index (χ0) is 23.3. The van der Waals surface area contributed by atoms with Crippen LogP contribution >= 0.6 is 0 Å². The number of para-hydroxylation sites is 1. The predicted molar refractivity (Wildman–Crippen MR) is 128 cm³/mol. The van der Waals surface area contributed by atoms with Crippen LogP contribution in [-0.2, 0) is 17.7 Å². The van der Waals surface area contributed by atoms with Gasteiger partial charge in [0.15, 0.2) is 11.6 Å². The lowest BCUT2D eigenvalue weighted by Crippen LogP contribution is -2.38. The maximum Gasteiger partial charge on any atom is 0.159 e. The molecule has 7 nitrogen and oxygen atoms in total. The average Bonchev–Trinajstić information content (AvgIpc) is 3.24. The first-order chi connectivity index (χ1) is 16.7. The van der Waals surface area contributed by atoms with E-state index in [0.717, 1.165) is 56.2 Å². The summed E-state index contributed by atoms with van der Waals surface area (Å²) in [5.41, 5.74) is 3.16. The fourth-order valence-corrected chi connectivity index (χ4v) is 4.28. The normalized spacial score (nSPS) is 14.5. The molecule has 0 saturated carbocycles. The monoisotopic (exact) mass is 461 g/mol. The summed E-state index contributed by atoms with van der Waals surface area (Å²) < 4.78 is 27.7.